The third-order valence-electron chi connectivity index (χ3n) is 1.90. The lowest BCUT2D eigenvalue weighted by Gasteiger charge is -2.15. The van der Waals surface area contributed by atoms with Crippen LogP contribution in [0.15, 0.2) is 18.2 Å². The summed E-state index contributed by atoms with van der Waals surface area (Å²) in [5.74, 6) is -2.64. The Morgan fingerprint density at radius 2 is 2.00 bits per heavy atom. The minimum absolute atomic E-state index is 0.000185. The fourth-order valence-electron chi connectivity index (χ4n) is 1.05. The zero-order valence-corrected chi connectivity index (χ0v) is 7.59. The molecule has 5 N–H and O–H groups in total. The molecule has 0 bridgehead atoms. The first-order valence-electron chi connectivity index (χ1n) is 4.07. The van der Waals surface area contributed by atoms with Gasteiger partial charge in [0, 0.05) is 0 Å². The molecule has 1 aromatic carbocycles. The van der Waals surface area contributed by atoms with Crippen LogP contribution in [-0.2, 0) is 4.79 Å². The molecule has 0 fully saturated rings. The van der Waals surface area contributed by atoms with Crippen molar-refractivity contribution < 1.29 is 24.5 Å². The van der Waals surface area contributed by atoms with Crippen molar-refractivity contribution >= 4 is 5.91 Å². The van der Waals surface area contributed by atoms with Gasteiger partial charge in [-0.3, -0.25) is 4.79 Å². The van der Waals surface area contributed by atoms with Crippen molar-refractivity contribution in [1.82, 2.24) is 0 Å². The highest BCUT2D eigenvalue weighted by Gasteiger charge is 2.23. The van der Waals surface area contributed by atoms with Gasteiger partial charge in [0.2, 0.25) is 5.91 Å². The van der Waals surface area contributed by atoms with Gasteiger partial charge in [-0.2, -0.15) is 0 Å². The van der Waals surface area contributed by atoms with E-state index in [9.17, 15) is 14.3 Å². The van der Waals surface area contributed by atoms with Gasteiger partial charge in [0.1, 0.15) is 6.10 Å². The molecule has 2 unspecified atom stereocenters. The van der Waals surface area contributed by atoms with Crippen molar-refractivity contribution in [2.45, 2.75) is 12.2 Å². The maximum absolute atomic E-state index is 12.6. The Kier molecular flexibility index (Phi) is 3.23. The van der Waals surface area contributed by atoms with Crippen molar-refractivity contribution in [3.63, 3.8) is 0 Å². The molecule has 0 saturated carbocycles. The standard InChI is InChI=1S/C9H10FNO4/c10-5-2-1-4(3-6(5)12)7(13)8(14)9(11)15/h1-3,7-8,12-14H,(H2,11,15). The first-order valence-corrected chi connectivity index (χ1v) is 4.07. The molecule has 6 heteroatoms. The van der Waals surface area contributed by atoms with Crippen LogP contribution in [0.5, 0.6) is 5.75 Å². The molecule has 0 radical (unpaired) electrons. The Morgan fingerprint density at radius 3 is 2.47 bits per heavy atom. The zero-order valence-electron chi connectivity index (χ0n) is 7.59. The van der Waals surface area contributed by atoms with Gasteiger partial charge in [-0.15, -0.1) is 0 Å². The predicted octanol–water partition coefficient (Wildman–Crippen LogP) is -0.589. The summed E-state index contributed by atoms with van der Waals surface area (Å²) in [6, 6.07) is 2.94. The minimum Gasteiger partial charge on any atom is -0.505 e. The van der Waals surface area contributed by atoms with Gasteiger partial charge in [0.25, 0.3) is 0 Å². The highest BCUT2D eigenvalue weighted by atomic mass is 19.1. The maximum Gasteiger partial charge on any atom is 0.249 e. The minimum atomic E-state index is -1.80. The number of hydrogen-bond acceptors (Lipinski definition) is 4. The first kappa shape index (κ1) is 11.4. The Morgan fingerprint density at radius 1 is 1.40 bits per heavy atom. The molecule has 5 nitrogen and oxygen atoms in total. The van der Waals surface area contributed by atoms with E-state index in [1.54, 1.807) is 0 Å². The first-order chi connectivity index (χ1) is 6.93. The Bertz CT molecular complexity index is 382. The van der Waals surface area contributed by atoms with Crippen molar-refractivity contribution in [3.8, 4) is 5.75 Å². The van der Waals surface area contributed by atoms with E-state index in [1.807, 2.05) is 0 Å². The van der Waals surface area contributed by atoms with Gasteiger partial charge in [-0.1, -0.05) is 6.07 Å². The Labute approximate surface area is 84.6 Å². The van der Waals surface area contributed by atoms with Gasteiger partial charge >= 0.3 is 0 Å². The van der Waals surface area contributed by atoms with E-state index in [2.05, 4.69) is 0 Å². The monoisotopic (exact) mass is 215 g/mol. The third-order valence-corrected chi connectivity index (χ3v) is 1.90. The molecule has 2 atom stereocenters. The number of aliphatic hydroxyl groups excluding tert-OH is 2. The van der Waals surface area contributed by atoms with Crippen molar-refractivity contribution in [1.29, 1.82) is 0 Å². The van der Waals surface area contributed by atoms with Gasteiger partial charge < -0.3 is 21.1 Å². The lowest BCUT2D eigenvalue weighted by atomic mass is 10.0. The summed E-state index contributed by atoms with van der Waals surface area (Å²) in [5.41, 5.74) is 4.76. The number of hydrogen-bond donors (Lipinski definition) is 4. The molecule has 15 heavy (non-hydrogen) atoms. The normalized spacial score (nSPS) is 14.6. The average Bonchev–Trinajstić information content (AvgIpc) is 2.19. The number of halogens is 1. The Hall–Kier alpha value is -1.66. The lowest BCUT2D eigenvalue weighted by Crippen LogP contribution is -2.33. The zero-order chi connectivity index (χ0) is 11.6. The molecule has 0 aliphatic rings. The largest absolute Gasteiger partial charge is 0.505 e. The molecule has 0 aliphatic carbocycles. The maximum atomic E-state index is 12.6. The third kappa shape index (κ3) is 2.42. The lowest BCUT2D eigenvalue weighted by molar-refractivity contribution is -0.131. The molecule has 0 saturated heterocycles. The van der Waals surface area contributed by atoms with Gasteiger partial charge in [0.15, 0.2) is 17.7 Å². The van der Waals surface area contributed by atoms with E-state index in [0.717, 1.165) is 18.2 Å². The number of phenols is 1. The summed E-state index contributed by atoms with van der Waals surface area (Å²) in [7, 11) is 0. The number of rotatable bonds is 3. The summed E-state index contributed by atoms with van der Waals surface area (Å²) in [4.78, 5) is 10.5. The number of aromatic hydroxyl groups is 1. The molecule has 0 spiro atoms. The smallest absolute Gasteiger partial charge is 0.249 e. The van der Waals surface area contributed by atoms with Crippen LogP contribution >= 0.6 is 0 Å². The van der Waals surface area contributed by atoms with Gasteiger partial charge in [-0.05, 0) is 17.7 Å². The molecule has 0 heterocycles. The fraction of sp³-hybridized carbons (Fsp3) is 0.222. The average molecular weight is 215 g/mol. The number of carbonyl (C=O) groups excluding carboxylic acids is 1. The van der Waals surface area contributed by atoms with Crippen LogP contribution in [0, 0.1) is 5.82 Å². The number of benzene rings is 1. The van der Waals surface area contributed by atoms with Crippen LogP contribution in [0.1, 0.15) is 11.7 Å². The highest BCUT2D eigenvalue weighted by Crippen LogP contribution is 2.23. The van der Waals surface area contributed by atoms with Crippen molar-refractivity contribution in [2.24, 2.45) is 5.73 Å². The van der Waals surface area contributed by atoms with Crippen LogP contribution < -0.4 is 5.73 Å². The van der Waals surface area contributed by atoms with Crippen molar-refractivity contribution in [3.05, 3.63) is 29.6 Å². The second-order valence-corrected chi connectivity index (χ2v) is 3.00. The molecule has 0 aliphatic heterocycles. The summed E-state index contributed by atoms with van der Waals surface area (Å²) in [6.07, 6.45) is -3.39. The number of amides is 1. The molecular formula is C9H10FNO4. The number of phenolic OH excluding ortho intramolecular Hbond substituents is 1. The summed E-state index contributed by atoms with van der Waals surface area (Å²) < 4.78 is 12.6. The fourth-order valence-corrected chi connectivity index (χ4v) is 1.05. The molecule has 1 aromatic rings. The number of primary amides is 1. The second kappa shape index (κ2) is 4.24. The van der Waals surface area contributed by atoms with E-state index >= 15 is 0 Å². The van der Waals surface area contributed by atoms with Gasteiger partial charge in [-0.25, -0.2) is 4.39 Å². The van der Waals surface area contributed by atoms with Crippen LogP contribution in [-0.4, -0.2) is 27.3 Å². The SMILES string of the molecule is NC(=O)C(O)C(O)c1ccc(F)c(O)c1. The molecule has 1 amide bonds. The van der Waals surface area contributed by atoms with E-state index < -0.39 is 29.7 Å². The number of carbonyl (C=O) groups is 1. The predicted molar refractivity (Wildman–Crippen MR) is 48.2 cm³/mol. The quantitative estimate of drug-likeness (QED) is 0.541. The topological polar surface area (TPSA) is 104 Å². The summed E-state index contributed by atoms with van der Waals surface area (Å²) in [5, 5.41) is 27.5. The number of nitrogens with two attached hydrogens (primary N) is 1. The van der Waals surface area contributed by atoms with E-state index in [-0.39, 0.29) is 5.56 Å². The van der Waals surface area contributed by atoms with E-state index in [4.69, 9.17) is 15.9 Å². The second-order valence-electron chi connectivity index (χ2n) is 3.00. The van der Waals surface area contributed by atoms with Crippen LogP contribution in [0.2, 0.25) is 0 Å². The molecular weight excluding hydrogens is 205 g/mol. The molecule has 82 valence electrons. The Balaban J connectivity index is 2.96. The highest BCUT2D eigenvalue weighted by molar-refractivity contribution is 5.79. The van der Waals surface area contributed by atoms with E-state index in [1.165, 1.54) is 0 Å². The van der Waals surface area contributed by atoms with E-state index in [0.29, 0.717) is 0 Å². The molecule has 0 aromatic heterocycles. The van der Waals surface area contributed by atoms with Crippen LogP contribution in [0.4, 0.5) is 4.39 Å². The summed E-state index contributed by atoms with van der Waals surface area (Å²) >= 11 is 0. The van der Waals surface area contributed by atoms with Crippen LogP contribution in [0.3, 0.4) is 0 Å². The molecule has 1 rings (SSSR count). The summed E-state index contributed by atoms with van der Waals surface area (Å²) in [6.45, 7) is 0. The van der Waals surface area contributed by atoms with Gasteiger partial charge in [0.05, 0.1) is 0 Å². The van der Waals surface area contributed by atoms with Crippen molar-refractivity contribution in [2.75, 3.05) is 0 Å². The van der Waals surface area contributed by atoms with Crippen LogP contribution in [0.25, 0.3) is 0 Å². The number of aliphatic hydroxyl groups is 2.